The predicted octanol–water partition coefficient (Wildman–Crippen LogP) is 2.03. The number of nitrogens with zero attached hydrogens (tertiary/aromatic N) is 2. The number of nitrogens with one attached hydrogen (secondary N) is 1. The van der Waals surface area contributed by atoms with Crippen molar-refractivity contribution in [2.45, 2.75) is 6.54 Å². The molecule has 1 aromatic heterocycles. The number of halogens is 2. The van der Waals surface area contributed by atoms with Gasteiger partial charge in [0.05, 0.1) is 6.54 Å². The molecule has 0 saturated carbocycles. The summed E-state index contributed by atoms with van der Waals surface area (Å²) in [5.41, 5.74) is 0. The van der Waals surface area contributed by atoms with E-state index < -0.39 is 0 Å². The van der Waals surface area contributed by atoms with Crippen molar-refractivity contribution in [2.75, 3.05) is 39.8 Å². The lowest BCUT2D eigenvalue weighted by Gasteiger charge is -2.29. The predicted molar refractivity (Wildman–Crippen MR) is 82.8 cm³/mol. The Labute approximate surface area is 130 Å². The third-order valence-corrected chi connectivity index (χ3v) is 5.46. The Bertz CT molecular complexity index is 429. The number of carbonyl (C=O) groups is 1. The first-order chi connectivity index (χ1) is 9.06. The molecule has 1 fully saturated rings. The number of hydrogen-bond acceptors (Lipinski definition) is 4. The molecule has 1 aliphatic rings. The third-order valence-electron chi connectivity index (χ3n) is 3.00. The Morgan fingerprint density at radius 3 is 2.84 bits per heavy atom. The molecule has 2 heterocycles. The van der Waals surface area contributed by atoms with Gasteiger partial charge in [-0.2, -0.15) is 0 Å². The van der Waals surface area contributed by atoms with Crippen LogP contribution in [0.5, 0.6) is 0 Å². The molecule has 4 nitrogen and oxygen atoms in total. The lowest BCUT2D eigenvalue weighted by atomic mass is 10.3. The van der Waals surface area contributed by atoms with Crippen molar-refractivity contribution in [3.63, 3.8) is 0 Å². The van der Waals surface area contributed by atoms with Gasteiger partial charge in [0.2, 0.25) is 5.91 Å². The normalized spacial score (nSPS) is 16.1. The summed E-state index contributed by atoms with van der Waals surface area (Å²) in [6, 6.07) is 2.01. The minimum atomic E-state index is 0.200. The third kappa shape index (κ3) is 4.43. The van der Waals surface area contributed by atoms with Crippen LogP contribution >= 0.6 is 38.9 Å². The maximum atomic E-state index is 12.1. The molecule has 1 saturated heterocycles. The number of rotatable bonds is 4. The fraction of sp³-hybridized carbons (Fsp3) is 0.583. The van der Waals surface area contributed by atoms with Crippen molar-refractivity contribution in [2.24, 2.45) is 0 Å². The first kappa shape index (κ1) is 15.3. The van der Waals surface area contributed by atoms with Crippen molar-refractivity contribution in [1.29, 1.82) is 0 Å². The van der Waals surface area contributed by atoms with E-state index in [0.717, 1.165) is 46.4 Å². The Morgan fingerprint density at radius 1 is 1.58 bits per heavy atom. The molecule has 106 valence electrons. The lowest BCUT2D eigenvalue weighted by Crippen LogP contribution is -2.49. The number of carbonyl (C=O) groups excluding carboxylic acids is 1. The quantitative estimate of drug-likeness (QED) is 0.885. The Hall–Kier alpha value is -0.140. The van der Waals surface area contributed by atoms with Crippen LogP contribution in [-0.2, 0) is 11.3 Å². The standard InChI is InChI=1S/C12H17BrClN3OS/c1-16(7-9-6-10(13)12(14)19-9)8-11(18)17-4-2-15-3-5-17/h6,15H,2-5,7-8H2,1H3. The first-order valence-corrected chi connectivity index (χ1v) is 8.16. The molecular weight excluding hydrogens is 350 g/mol. The second kappa shape index (κ2) is 7.04. The number of thiophene rings is 1. The molecule has 0 bridgehead atoms. The van der Waals surface area contributed by atoms with Crippen LogP contribution in [0.4, 0.5) is 0 Å². The number of piperazine rings is 1. The van der Waals surface area contributed by atoms with Crippen molar-refractivity contribution in [1.82, 2.24) is 15.1 Å². The minimum Gasteiger partial charge on any atom is -0.339 e. The number of likely N-dealkylation sites (N-methyl/N-ethyl adjacent to an activating group) is 1. The highest BCUT2D eigenvalue weighted by Crippen LogP contribution is 2.32. The van der Waals surface area contributed by atoms with Gasteiger partial charge in [-0.3, -0.25) is 9.69 Å². The van der Waals surface area contributed by atoms with Crippen molar-refractivity contribution in [3.05, 3.63) is 19.8 Å². The first-order valence-electron chi connectivity index (χ1n) is 6.17. The SMILES string of the molecule is CN(CC(=O)N1CCNCC1)Cc1cc(Br)c(Cl)s1. The average molecular weight is 367 g/mol. The molecule has 2 rings (SSSR count). The van der Waals surface area contributed by atoms with E-state index in [1.165, 1.54) is 0 Å². The molecule has 0 atom stereocenters. The highest BCUT2D eigenvalue weighted by molar-refractivity contribution is 9.10. The van der Waals surface area contributed by atoms with Gasteiger partial charge in [0, 0.05) is 42.1 Å². The molecule has 0 radical (unpaired) electrons. The number of amides is 1. The van der Waals surface area contributed by atoms with E-state index in [-0.39, 0.29) is 5.91 Å². The maximum absolute atomic E-state index is 12.1. The second-order valence-corrected chi connectivity index (χ2v) is 7.23. The van der Waals surface area contributed by atoms with Gasteiger partial charge in [-0.05, 0) is 29.0 Å². The second-order valence-electron chi connectivity index (χ2n) is 4.64. The summed E-state index contributed by atoms with van der Waals surface area (Å²) < 4.78 is 1.69. The summed E-state index contributed by atoms with van der Waals surface area (Å²) >= 11 is 11.0. The van der Waals surface area contributed by atoms with E-state index in [0.29, 0.717) is 6.54 Å². The minimum absolute atomic E-state index is 0.200. The summed E-state index contributed by atoms with van der Waals surface area (Å²) in [5, 5.41) is 3.25. The van der Waals surface area contributed by atoms with Crippen LogP contribution in [0.2, 0.25) is 4.34 Å². The fourth-order valence-electron chi connectivity index (χ4n) is 2.04. The topological polar surface area (TPSA) is 35.6 Å². The van der Waals surface area contributed by atoms with Gasteiger partial charge < -0.3 is 10.2 Å². The molecule has 0 spiro atoms. The van der Waals surface area contributed by atoms with E-state index in [2.05, 4.69) is 21.2 Å². The van der Waals surface area contributed by atoms with E-state index in [9.17, 15) is 4.79 Å². The monoisotopic (exact) mass is 365 g/mol. The van der Waals surface area contributed by atoms with Gasteiger partial charge in [-0.15, -0.1) is 11.3 Å². The van der Waals surface area contributed by atoms with Gasteiger partial charge in [-0.25, -0.2) is 0 Å². The van der Waals surface area contributed by atoms with Crippen LogP contribution < -0.4 is 5.32 Å². The van der Waals surface area contributed by atoms with E-state index in [1.54, 1.807) is 11.3 Å². The van der Waals surface area contributed by atoms with Crippen LogP contribution in [0.1, 0.15) is 4.88 Å². The van der Waals surface area contributed by atoms with E-state index in [4.69, 9.17) is 11.6 Å². The maximum Gasteiger partial charge on any atom is 0.236 e. The zero-order chi connectivity index (χ0) is 13.8. The molecular formula is C12H17BrClN3OS. The van der Waals surface area contributed by atoms with Gasteiger partial charge in [-0.1, -0.05) is 11.6 Å². The van der Waals surface area contributed by atoms with Crippen LogP contribution in [0, 0.1) is 0 Å². The van der Waals surface area contributed by atoms with Gasteiger partial charge in [0.25, 0.3) is 0 Å². The van der Waals surface area contributed by atoms with Gasteiger partial charge in [0.15, 0.2) is 0 Å². The molecule has 0 aliphatic carbocycles. The van der Waals surface area contributed by atoms with Gasteiger partial charge in [0.1, 0.15) is 4.34 Å². The molecule has 1 aliphatic heterocycles. The van der Waals surface area contributed by atoms with Crippen molar-refractivity contribution < 1.29 is 4.79 Å². The summed E-state index contributed by atoms with van der Waals surface area (Å²) in [7, 11) is 1.96. The molecule has 0 unspecified atom stereocenters. The smallest absolute Gasteiger partial charge is 0.236 e. The van der Waals surface area contributed by atoms with E-state index in [1.807, 2.05) is 22.9 Å². The summed E-state index contributed by atoms with van der Waals surface area (Å²) in [6.45, 7) is 4.60. The van der Waals surface area contributed by atoms with Crippen LogP contribution in [0.25, 0.3) is 0 Å². The fourth-order valence-corrected chi connectivity index (χ4v) is 3.91. The van der Waals surface area contributed by atoms with E-state index >= 15 is 0 Å². The molecule has 1 aromatic rings. The van der Waals surface area contributed by atoms with Crippen LogP contribution in [-0.4, -0.2) is 55.5 Å². The van der Waals surface area contributed by atoms with Crippen LogP contribution in [0.3, 0.4) is 0 Å². The average Bonchev–Trinajstić information content (AvgIpc) is 2.69. The molecule has 0 aromatic carbocycles. The van der Waals surface area contributed by atoms with Crippen molar-refractivity contribution in [3.8, 4) is 0 Å². The summed E-state index contributed by atoms with van der Waals surface area (Å²) in [4.78, 5) is 17.2. The zero-order valence-electron chi connectivity index (χ0n) is 10.8. The Balaban J connectivity index is 1.83. The summed E-state index contributed by atoms with van der Waals surface area (Å²) in [6.07, 6.45) is 0. The van der Waals surface area contributed by atoms with Crippen LogP contribution in [0.15, 0.2) is 10.5 Å². The molecule has 7 heteroatoms. The lowest BCUT2D eigenvalue weighted by molar-refractivity contribution is -0.132. The molecule has 19 heavy (non-hydrogen) atoms. The molecule has 1 N–H and O–H groups in total. The highest BCUT2D eigenvalue weighted by atomic mass is 79.9. The number of hydrogen-bond donors (Lipinski definition) is 1. The van der Waals surface area contributed by atoms with Crippen molar-refractivity contribution >= 4 is 44.8 Å². The van der Waals surface area contributed by atoms with Gasteiger partial charge >= 0.3 is 0 Å². The Kier molecular flexibility index (Phi) is 5.65. The zero-order valence-corrected chi connectivity index (χ0v) is 13.9. The summed E-state index contributed by atoms with van der Waals surface area (Å²) in [5.74, 6) is 0.200. The highest BCUT2D eigenvalue weighted by Gasteiger charge is 2.18. The molecule has 1 amide bonds. The largest absolute Gasteiger partial charge is 0.339 e. The Morgan fingerprint density at radius 2 is 2.26 bits per heavy atom.